The van der Waals surface area contributed by atoms with Gasteiger partial charge in [0.15, 0.2) is 5.82 Å². The lowest BCUT2D eigenvalue weighted by Crippen LogP contribution is -2.41. The van der Waals surface area contributed by atoms with E-state index in [1.54, 1.807) is 23.2 Å². The molecule has 0 N–H and O–H groups in total. The molecular weight excluding hydrogens is 354 g/mol. The maximum atomic E-state index is 13.1. The van der Waals surface area contributed by atoms with Crippen molar-refractivity contribution < 1.29 is 9.53 Å². The van der Waals surface area contributed by atoms with Crippen LogP contribution in [0.15, 0.2) is 48.7 Å². The second kappa shape index (κ2) is 7.80. The number of carbonyl (C=O) groups excluding carboxylic acids is 1. The van der Waals surface area contributed by atoms with Crippen molar-refractivity contribution in [1.82, 2.24) is 24.6 Å². The predicted octanol–water partition coefficient (Wildman–Crippen LogP) is 2.88. The maximum absolute atomic E-state index is 13.1. The van der Waals surface area contributed by atoms with Crippen LogP contribution in [0.1, 0.15) is 47.5 Å². The quantitative estimate of drug-likeness (QED) is 0.684. The molecule has 1 aromatic carbocycles. The van der Waals surface area contributed by atoms with Crippen molar-refractivity contribution in [3.05, 3.63) is 71.4 Å². The third-order valence-corrected chi connectivity index (χ3v) is 4.87. The molecule has 3 aromatic rings. The normalized spacial score (nSPS) is 15.9. The van der Waals surface area contributed by atoms with E-state index in [4.69, 9.17) is 4.74 Å². The van der Waals surface area contributed by atoms with Gasteiger partial charge in [-0.1, -0.05) is 30.3 Å². The van der Waals surface area contributed by atoms with Gasteiger partial charge in [-0.25, -0.2) is 4.98 Å². The second-order valence-corrected chi connectivity index (χ2v) is 6.89. The molecule has 7 nitrogen and oxygen atoms in total. The third-order valence-electron chi connectivity index (χ3n) is 4.87. The Bertz CT molecular complexity index is 970. The molecule has 2 aromatic heterocycles. The minimum atomic E-state index is -0.0951. The van der Waals surface area contributed by atoms with E-state index in [1.807, 2.05) is 25.1 Å². The zero-order valence-corrected chi connectivity index (χ0v) is 16.1. The van der Waals surface area contributed by atoms with Crippen LogP contribution in [0.4, 0.5) is 0 Å². The summed E-state index contributed by atoms with van der Waals surface area (Å²) in [7, 11) is 0. The van der Waals surface area contributed by atoms with E-state index in [2.05, 4.69) is 38.8 Å². The number of hydrogen-bond donors (Lipinski definition) is 0. The van der Waals surface area contributed by atoms with E-state index in [0.717, 1.165) is 18.1 Å². The van der Waals surface area contributed by atoms with Gasteiger partial charge in [-0.3, -0.25) is 4.79 Å². The molecule has 28 heavy (non-hydrogen) atoms. The summed E-state index contributed by atoms with van der Waals surface area (Å²) in [5, 5.41) is 8.76. The summed E-state index contributed by atoms with van der Waals surface area (Å²) in [6.07, 6.45) is 2.36. The summed E-state index contributed by atoms with van der Waals surface area (Å²) >= 11 is 0. The van der Waals surface area contributed by atoms with Crippen molar-refractivity contribution in [3.63, 3.8) is 0 Å². The van der Waals surface area contributed by atoms with Crippen molar-refractivity contribution in [2.24, 2.45) is 0 Å². The first-order valence-corrected chi connectivity index (χ1v) is 9.51. The Labute approximate surface area is 164 Å². The Morgan fingerprint density at radius 2 is 2.00 bits per heavy atom. The summed E-state index contributed by atoms with van der Waals surface area (Å²) < 4.78 is 7.68. The van der Waals surface area contributed by atoms with Gasteiger partial charge < -0.3 is 14.2 Å². The van der Waals surface area contributed by atoms with E-state index in [9.17, 15) is 4.79 Å². The van der Waals surface area contributed by atoms with Crippen LogP contribution in [0.5, 0.6) is 5.88 Å². The van der Waals surface area contributed by atoms with Gasteiger partial charge in [-0.05, 0) is 31.5 Å². The van der Waals surface area contributed by atoms with Crippen molar-refractivity contribution in [1.29, 1.82) is 0 Å². The van der Waals surface area contributed by atoms with Gasteiger partial charge in [0.1, 0.15) is 11.4 Å². The highest BCUT2D eigenvalue weighted by atomic mass is 16.5. The monoisotopic (exact) mass is 377 g/mol. The standard InChI is InChI=1S/C21H23N5O2/c1-3-28-20-17(10-7-11-22-20)21(27)25-13-15(2)26-18(23-24-19(26)14-25)12-16-8-5-4-6-9-16/h4-11,15H,3,12-14H2,1-2H3/t15-/m0/s1. The Morgan fingerprint density at radius 1 is 1.18 bits per heavy atom. The maximum Gasteiger partial charge on any atom is 0.259 e. The molecule has 0 saturated heterocycles. The smallest absolute Gasteiger partial charge is 0.259 e. The third kappa shape index (κ3) is 3.47. The zero-order valence-electron chi connectivity index (χ0n) is 16.1. The highest BCUT2D eigenvalue weighted by Crippen LogP contribution is 2.26. The number of pyridine rings is 1. The molecule has 0 aliphatic carbocycles. The first-order valence-electron chi connectivity index (χ1n) is 9.51. The van der Waals surface area contributed by atoms with Crippen LogP contribution in [-0.2, 0) is 13.0 Å². The molecule has 1 atom stereocenters. The van der Waals surface area contributed by atoms with Crippen LogP contribution in [0.2, 0.25) is 0 Å². The summed E-state index contributed by atoms with van der Waals surface area (Å²) in [5.41, 5.74) is 1.68. The molecule has 4 rings (SSSR count). The Hall–Kier alpha value is -3.22. The number of nitrogens with zero attached hydrogens (tertiary/aromatic N) is 5. The van der Waals surface area contributed by atoms with E-state index >= 15 is 0 Å². The van der Waals surface area contributed by atoms with Gasteiger partial charge in [0.05, 0.1) is 19.2 Å². The molecule has 1 aliphatic rings. The molecule has 7 heteroatoms. The molecule has 3 heterocycles. The number of fused-ring (bicyclic) bond motifs is 1. The van der Waals surface area contributed by atoms with E-state index in [0.29, 0.717) is 31.1 Å². The number of carbonyl (C=O) groups is 1. The van der Waals surface area contributed by atoms with Crippen LogP contribution in [-0.4, -0.2) is 43.7 Å². The molecule has 0 unspecified atom stereocenters. The SMILES string of the molecule is CCOc1ncccc1C(=O)N1Cc2nnc(Cc3ccccc3)n2[C@@H](C)C1. The number of aromatic nitrogens is 4. The van der Waals surface area contributed by atoms with Crippen molar-refractivity contribution in [2.45, 2.75) is 32.9 Å². The number of amides is 1. The average molecular weight is 377 g/mol. The van der Waals surface area contributed by atoms with Gasteiger partial charge in [-0.2, -0.15) is 0 Å². The number of rotatable bonds is 5. The van der Waals surface area contributed by atoms with Gasteiger partial charge in [0, 0.05) is 19.2 Å². The molecule has 0 bridgehead atoms. The fourth-order valence-corrected chi connectivity index (χ4v) is 3.64. The minimum absolute atomic E-state index is 0.0913. The fourth-order valence-electron chi connectivity index (χ4n) is 3.64. The lowest BCUT2D eigenvalue weighted by molar-refractivity contribution is 0.0674. The fraction of sp³-hybridized carbons (Fsp3) is 0.333. The lowest BCUT2D eigenvalue weighted by atomic mass is 10.1. The molecule has 0 fully saturated rings. The van der Waals surface area contributed by atoms with E-state index in [-0.39, 0.29) is 11.9 Å². The van der Waals surface area contributed by atoms with Crippen molar-refractivity contribution >= 4 is 5.91 Å². The largest absolute Gasteiger partial charge is 0.477 e. The first kappa shape index (κ1) is 18.2. The minimum Gasteiger partial charge on any atom is -0.477 e. The molecule has 1 amide bonds. The zero-order chi connectivity index (χ0) is 19.5. The van der Waals surface area contributed by atoms with Crippen molar-refractivity contribution in [2.75, 3.05) is 13.2 Å². The second-order valence-electron chi connectivity index (χ2n) is 6.89. The highest BCUT2D eigenvalue weighted by molar-refractivity contribution is 5.96. The van der Waals surface area contributed by atoms with Gasteiger partial charge in [0.2, 0.25) is 5.88 Å². The molecule has 0 spiro atoms. The molecular formula is C21H23N5O2. The van der Waals surface area contributed by atoms with Crippen LogP contribution in [0, 0.1) is 0 Å². The Morgan fingerprint density at radius 3 is 2.79 bits per heavy atom. The highest BCUT2D eigenvalue weighted by Gasteiger charge is 2.31. The van der Waals surface area contributed by atoms with Gasteiger partial charge in [-0.15, -0.1) is 10.2 Å². The summed E-state index contributed by atoms with van der Waals surface area (Å²) in [6, 6.07) is 13.8. The predicted molar refractivity (Wildman–Crippen MR) is 104 cm³/mol. The van der Waals surface area contributed by atoms with Gasteiger partial charge >= 0.3 is 0 Å². The number of ether oxygens (including phenoxy) is 1. The molecule has 144 valence electrons. The number of benzene rings is 1. The first-order chi connectivity index (χ1) is 13.7. The van der Waals surface area contributed by atoms with Crippen LogP contribution < -0.4 is 4.74 Å². The average Bonchev–Trinajstić information content (AvgIpc) is 3.12. The Balaban J connectivity index is 1.57. The topological polar surface area (TPSA) is 73.1 Å². The summed E-state index contributed by atoms with van der Waals surface area (Å²) in [6.45, 7) is 5.44. The molecule has 0 radical (unpaired) electrons. The van der Waals surface area contributed by atoms with E-state index < -0.39 is 0 Å². The van der Waals surface area contributed by atoms with E-state index in [1.165, 1.54) is 5.56 Å². The van der Waals surface area contributed by atoms with Crippen molar-refractivity contribution in [3.8, 4) is 5.88 Å². The molecule has 0 saturated carbocycles. The Kier molecular flexibility index (Phi) is 5.06. The summed E-state index contributed by atoms with van der Waals surface area (Å²) in [5.74, 6) is 2.01. The van der Waals surface area contributed by atoms with Crippen LogP contribution >= 0.6 is 0 Å². The van der Waals surface area contributed by atoms with Gasteiger partial charge in [0.25, 0.3) is 5.91 Å². The lowest BCUT2D eigenvalue weighted by Gasteiger charge is -2.32. The van der Waals surface area contributed by atoms with Crippen LogP contribution in [0.25, 0.3) is 0 Å². The summed E-state index contributed by atoms with van der Waals surface area (Å²) in [4.78, 5) is 19.1. The molecule has 1 aliphatic heterocycles. The number of hydrogen-bond acceptors (Lipinski definition) is 5. The van der Waals surface area contributed by atoms with Crippen LogP contribution in [0.3, 0.4) is 0 Å².